The van der Waals surface area contributed by atoms with E-state index in [0.717, 1.165) is 25.9 Å². The number of hydrogen-bond donors (Lipinski definition) is 1. The van der Waals surface area contributed by atoms with Crippen molar-refractivity contribution in [2.45, 2.75) is 12.8 Å². The monoisotopic (exact) mass is 300 g/mol. The second-order valence-corrected chi connectivity index (χ2v) is 5.92. The number of likely N-dealkylation sites (tertiary alicyclic amines) is 1. The number of anilines is 1. The summed E-state index contributed by atoms with van der Waals surface area (Å²) in [5.74, 6) is -0.179. The Morgan fingerprint density at radius 2 is 1.81 bits per heavy atom. The number of carbonyl (C=O) groups excluding carboxylic acids is 2. The third-order valence-corrected chi connectivity index (χ3v) is 4.41. The van der Waals surface area contributed by atoms with Crippen molar-refractivity contribution in [1.82, 2.24) is 4.90 Å². The third kappa shape index (κ3) is 2.97. The normalized spacial score (nSPS) is 14.2. The molecule has 1 saturated heterocycles. The minimum absolute atomic E-state index is 0.00502. The second kappa shape index (κ2) is 6.10. The lowest BCUT2D eigenvalue weighted by atomic mass is 10.1. The summed E-state index contributed by atoms with van der Waals surface area (Å²) < 4.78 is 0. The molecule has 0 saturated carbocycles. The van der Waals surface area contributed by atoms with Crippen molar-refractivity contribution in [3.8, 4) is 0 Å². The average Bonchev–Trinajstić information content (AvgIpc) is 3.20. The summed E-state index contributed by atoms with van der Waals surface area (Å²) in [6.45, 7) is 1.60. The largest absolute Gasteiger partial charge is 0.339 e. The minimum atomic E-state index is -0.174. The molecule has 0 bridgehead atoms. The van der Waals surface area contributed by atoms with Crippen molar-refractivity contribution in [2.24, 2.45) is 0 Å². The fourth-order valence-electron chi connectivity index (χ4n) is 2.46. The van der Waals surface area contributed by atoms with Crippen LogP contribution >= 0.6 is 11.3 Å². The number of benzene rings is 1. The number of nitrogens with one attached hydrogen (secondary N) is 1. The first kappa shape index (κ1) is 13.8. The molecule has 0 unspecified atom stereocenters. The molecule has 108 valence electrons. The van der Waals surface area contributed by atoms with Crippen LogP contribution in [0.2, 0.25) is 0 Å². The highest BCUT2D eigenvalue weighted by Crippen LogP contribution is 2.21. The SMILES string of the molecule is O=C(Nc1ccccc1C(=O)N1CCCC1)c1cccs1. The zero-order chi connectivity index (χ0) is 14.7. The van der Waals surface area contributed by atoms with Crippen molar-refractivity contribution in [1.29, 1.82) is 0 Å². The van der Waals surface area contributed by atoms with Gasteiger partial charge < -0.3 is 10.2 Å². The second-order valence-electron chi connectivity index (χ2n) is 4.98. The van der Waals surface area contributed by atoms with E-state index in [1.807, 2.05) is 28.5 Å². The smallest absolute Gasteiger partial charge is 0.265 e. The number of nitrogens with zero attached hydrogens (tertiary/aromatic N) is 1. The highest BCUT2D eigenvalue weighted by molar-refractivity contribution is 7.12. The number of amides is 2. The molecule has 2 heterocycles. The van der Waals surface area contributed by atoms with E-state index in [-0.39, 0.29) is 11.8 Å². The number of carbonyl (C=O) groups is 2. The summed E-state index contributed by atoms with van der Waals surface area (Å²) in [6, 6.07) is 10.8. The van der Waals surface area contributed by atoms with Crippen LogP contribution in [0.25, 0.3) is 0 Å². The number of rotatable bonds is 3. The summed E-state index contributed by atoms with van der Waals surface area (Å²) in [7, 11) is 0. The van der Waals surface area contributed by atoms with Crippen molar-refractivity contribution < 1.29 is 9.59 Å². The predicted octanol–water partition coefficient (Wildman–Crippen LogP) is 3.24. The van der Waals surface area contributed by atoms with Gasteiger partial charge in [0.25, 0.3) is 11.8 Å². The van der Waals surface area contributed by atoms with Crippen LogP contribution in [0.3, 0.4) is 0 Å². The van der Waals surface area contributed by atoms with Gasteiger partial charge in [0, 0.05) is 13.1 Å². The highest BCUT2D eigenvalue weighted by atomic mass is 32.1. The molecule has 4 nitrogen and oxygen atoms in total. The molecule has 0 atom stereocenters. The molecule has 1 aromatic carbocycles. The molecule has 2 amide bonds. The lowest BCUT2D eigenvalue weighted by molar-refractivity contribution is 0.0794. The van der Waals surface area contributed by atoms with E-state index >= 15 is 0 Å². The van der Waals surface area contributed by atoms with Crippen LogP contribution < -0.4 is 5.32 Å². The van der Waals surface area contributed by atoms with Gasteiger partial charge in [-0.2, -0.15) is 0 Å². The van der Waals surface area contributed by atoms with Gasteiger partial charge in [0.05, 0.1) is 16.1 Å². The zero-order valence-corrected chi connectivity index (χ0v) is 12.4. The molecule has 5 heteroatoms. The van der Waals surface area contributed by atoms with Gasteiger partial charge in [-0.05, 0) is 36.4 Å². The van der Waals surface area contributed by atoms with Gasteiger partial charge in [0.1, 0.15) is 0 Å². The van der Waals surface area contributed by atoms with Crippen molar-refractivity contribution in [2.75, 3.05) is 18.4 Å². The van der Waals surface area contributed by atoms with Crippen LogP contribution in [0.5, 0.6) is 0 Å². The van der Waals surface area contributed by atoms with Gasteiger partial charge in [-0.1, -0.05) is 18.2 Å². The van der Waals surface area contributed by atoms with Crippen LogP contribution in [0.1, 0.15) is 32.9 Å². The van der Waals surface area contributed by atoms with Crippen LogP contribution in [-0.2, 0) is 0 Å². The number of thiophene rings is 1. The predicted molar refractivity (Wildman–Crippen MR) is 83.9 cm³/mol. The standard InChI is InChI=1S/C16H16N2O2S/c19-15(14-8-5-11-21-14)17-13-7-2-1-6-12(13)16(20)18-9-3-4-10-18/h1-2,5-8,11H,3-4,9-10H2,(H,17,19). The van der Waals surface area contributed by atoms with E-state index in [4.69, 9.17) is 0 Å². The number of hydrogen-bond acceptors (Lipinski definition) is 3. The molecule has 0 radical (unpaired) electrons. The lowest BCUT2D eigenvalue weighted by Crippen LogP contribution is -2.28. The molecule has 3 rings (SSSR count). The lowest BCUT2D eigenvalue weighted by Gasteiger charge is -2.17. The molecular formula is C16H16N2O2S. The Balaban J connectivity index is 1.82. The molecule has 1 aliphatic rings. The molecule has 1 fully saturated rings. The Morgan fingerprint density at radius 1 is 1.05 bits per heavy atom. The molecule has 0 aliphatic carbocycles. The summed E-state index contributed by atoms with van der Waals surface area (Å²) in [5.41, 5.74) is 1.14. The minimum Gasteiger partial charge on any atom is -0.339 e. The van der Waals surface area contributed by atoms with Gasteiger partial charge in [-0.25, -0.2) is 0 Å². The first-order valence-electron chi connectivity index (χ1n) is 6.99. The van der Waals surface area contributed by atoms with Crippen LogP contribution in [0.15, 0.2) is 41.8 Å². The molecule has 0 spiro atoms. The van der Waals surface area contributed by atoms with E-state index < -0.39 is 0 Å². The molecule has 2 aromatic rings. The maximum atomic E-state index is 12.5. The van der Waals surface area contributed by atoms with E-state index in [0.29, 0.717) is 16.1 Å². The fraction of sp³-hybridized carbons (Fsp3) is 0.250. The molecule has 1 aliphatic heterocycles. The Bertz CT molecular complexity index is 646. The summed E-state index contributed by atoms with van der Waals surface area (Å²) in [5, 5.41) is 4.70. The zero-order valence-electron chi connectivity index (χ0n) is 11.5. The average molecular weight is 300 g/mol. The van der Waals surface area contributed by atoms with Crippen LogP contribution in [0.4, 0.5) is 5.69 Å². The maximum absolute atomic E-state index is 12.5. The van der Waals surface area contributed by atoms with Crippen LogP contribution in [0, 0.1) is 0 Å². The Labute approximate surface area is 127 Å². The molecule has 21 heavy (non-hydrogen) atoms. The highest BCUT2D eigenvalue weighted by Gasteiger charge is 2.22. The van der Waals surface area contributed by atoms with Crippen molar-refractivity contribution in [3.05, 3.63) is 52.2 Å². The molecular weight excluding hydrogens is 284 g/mol. The van der Waals surface area contributed by atoms with Crippen molar-refractivity contribution >= 4 is 28.8 Å². The van der Waals surface area contributed by atoms with Gasteiger partial charge in [-0.3, -0.25) is 9.59 Å². The quantitative estimate of drug-likeness (QED) is 0.946. The van der Waals surface area contributed by atoms with Gasteiger partial charge in [0.2, 0.25) is 0 Å². The van der Waals surface area contributed by atoms with Crippen molar-refractivity contribution in [3.63, 3.8) is 0 Å². The Hall–Kier alpha value is -2.14. The van der Waals surface area contributed by atoms with E-state index in [2.05, 4.69) is 5.32 Å². The van der Waals surface area contributed by atoms with Gasteiger partial charge in [-0.15, -0.1) is 11.3 Å². The first-order chi connectivity index (χ1) is 10.3. The number of para-hydroxylation sites is 1. The summed E-state index contributed by atoms with van der Waals surface area (Å²) in [4.78, 5) is 27.1. The Morgan fingerprint density at radius 3 is 2.52 bits per heavy atom. The summed E-state index contributed by atoms with van der Waals surface area (Å²) >= 11 is 1.38. The van der Waals surface area contributed by atoms with E-state index in [1.165, 1.54) is 11.3 Å². The Kier molecular flexibility index (Phi) is 4.01. The maximum Gasteiger partial charge on any atom is 0.265 e. The van der Waals surface area contributed by atoms with Gasteiger partial charge >= 0.3 is 0 Å². The van der Waals surface area contributed by atoms with E-state index in [9.17, 15) is 9.59 Å². The summed E-state index contributed by atoms with van der Waals surface area (Å²) in [6.07, 6.45) is 2.10. The topological polar surface area (TPSA) is 49.4 Å². The van der Waals surface area contributed by atoms with Gasteiger partial charge in [0.15, 0.2) is 0 Å². The van der Waals surface area contributed by atoms with Crippen LogP contribution in [-0.4, -0.2) is 29.8 Å². The molecule has 1 aromatic heterocycles. The first-order valence-corrected chi connectivity index (χ1v) is 7.87. The molecule has 1 N–H and O–H groups in total. The van der Waals surface area contributed by atoms with E-state index in [1.54, 1.807) is 18.2 Å². The third-order valence-electron chi connectivity index (χ3n) is 3.54. The fourth-order valence-corrected chi connectivity index (χ4v) is 3.08.